The van der Waals surface area contributed by atoms with E-state index < -0.39 is 11.9 Å². The van der Waals surface area contributed by atoms with Gasteiger partial charge in [0.15, 0.2) is 0 Å². The number of esters is 2. The highest BCUT2D eigenvalue weighted by atomic mass is 16.5. The van der Waals surface area contributed by atoms with Gasteiger partial charge >= 0.3 is 11.9 Å². The molecule has 1 aromatic rings. The van der Waals surface area contributed by atoms with E-state index in [9.17, 15) is 9.59 Å². The fourth-order valence-electron chi connectivity index (χ4n) is 1.48. The fourth-order valence-corrected chi connectivity index (χ4v) is 1.48. The summed E-state index contributed by atoms with van der Waals surface area (Å²) < 4.78 is 9.15. The maximum atomic E-state index is 11.3. The molecule has 6 heteroatoms. The Morgan fingerprint density at radius 3 is 2.40 bits per heavy atom. The van der Waals surface area contributed by atoms with E-state index in [0.29, 0.717) is 5.70 Å². The van der Waals surface area contributed by atoms with Gasteiger partial charge in [-0.1, -0.05) is 18.2 Å². The first kappa shape index (κ1) is 15.6. The molecular weight excluding hydrogens is 260 g/mol. The Balaban J connectivity index is 2.81. The first-order chi connectivity index (χ1) is 9.56. The molecule has 108 valence electrons. The van der Waals surface area contributed by atoms with Crippen LogP contribution in [0.5, 0.6) is 0 Å². The Morgan fingerprint density at radius 2 is 1.85 bits per heavy atom. The quantitative estimate of drug-likeness (QED) is 0.480. The second-order valence-electron chi connectivity index (χ2n) is 3.95. The number of nitrogens with one attached hydrogen (secondary N) is 1. The van der Waals surface area contributed by atoms with Crippen molar-refractivity contribution in [3.05, 3.63) is 42.1 Å². The Morgan fingerprint density at radius 1 is 1.20 bits per heavy atom. The minimum absolute atomic E-state index is 0.0528. The lowest BCUT2D eigenvalue weighted by Gasteiger charge is -2.23. The normalized spacial score (nSPS) is 10.7. The van der Waals surface area contributed by atoms with Crippen LogP contribution in [0.25, 0.3) is 0 Å². The van der Waals surface area contributed by atoms with Crippen LogP contribution >= 0.6 is 0 Å². The summed E-state index contributed by atoms with van der Waals surface area (Å²) in [6, 6.07) is 9.45. The summed E-state index contributed by atoms with van der Waals surface area (Å²) in [5.41, 5.74) is 4.22. The topological polar surface area (TPSA) is 67.9 Å². The van der Waals surface area contributed by atoms with Crippen LogP contribution < -0.4 is 10.4 Å². The lowest BCUT2D eigenvalue weighted by Crippen LogP contribution is -2.35. The van der Waals surface area contributed by atoms with Crippen molar-refractivity contribution in [3.8, 4) is 0 Å². The number of hydrogen-bond donors (Lipinski definition) is 1. The summed E-state index contributed by atoms with van der Waals surface area (Å²) >= 11 is 0. The van der Waals surface area contributed by atoms with Gasteiger partial charge in [0.25, 0.3) is 0 Å². The van der Waals surface area contributed by atoms with Crippen LogP contribution in [0.3, 0.4) is 0 Å². The van der Waals surface area contributed by atoms with E-state index in [-0.39, 0.29) is 6.42 Å². The molecule has 0 aliphatic carbocycles. The number of rotatable bonds is 6. The van der Waals surface area contributed by atoms with Gasteiger partial charge in [0.1, 0.15) is 0 Å². The Kier molecular flexibility index (Phi) is 6.09. The molecule has 0 radical (unpaired) electrons. The molecule has 0 atom stereocenters. The zero-order valence-electron chi connectivity index (χ0n) is 11.8. The van der Waals surface area contributed by atoms with E-state index in [1.165, 1.54) is 20.3 Å². The van der Waals surface area contributed by atoms with Crippen molar-refractivity contribution >= 4 is 17.6 Å². The smallest absolute Gasteiger partial charge is 0.332 e. The van der Waals surface area contributed by atoms with Gasteiger partial charge < -0.3 is 14.9 Å². The van der Waals surface area contributed by atoms with Gasteiger partial charge in [-0.3, -0.25) is 9.80 Å². The fraction of sp³-hybridized carbons (Fsp3) is 0.286. The first-order valence-electron chi connectivity index (χ1n) is 5.97. The number of methoxy groups -OCH3 is 2. The average Bonchev–Trinajstić information content (AvgIpc) is 2.47. The summed E-state index contributed by atoms with van der Waals surface area (Å²) in [7, 11) is 4.34. The molecule has 0 unspecified atom stereocenters. The Labute approximate surface area is 117 Å². The van der Waals surface area contributed by atoms with Crippen LogP contribution in [0.15, 0.2) is 42.1 Å². The SMILES string of the molecule is COC(=O)/C=C(/CC(=O)OC)NN(C)c1ccccc1. The second kappa shape index (κ2) is 7.83. The highest BCUT2D eigenvalue weighted by molar-refractivity contribution is 5.84. The van der Waals surface area contributed by atoms with Crippen molar-refractivity contribution in [2.45, 2.75) is 6.42 Å². The van der Waals surface area contributed by atoms with Gasteiger partial charge in [-0.05, 0) is 12.1 Å². The van der Waals surface area contributed by atoms with E-state index in [2.05, 4.69) is 14.9 Å². The molecule has 0 heterocycles. The molecule has 1 N–H and O–H groups in total. The number of carbonyl (C=O) groups is 2. The third-order valence-electron chi connectivity index (χ3n) is 2.51. The number of hydrogen-bond acceptors (Lipinski definition) is 6. The van der Waals surface area contributed by atoms with Gasteiger partial charge in [0.2, 0.25) is 0 Å². The maximum Gasteiger partial charge on any atom is 0.332 e. The lowest BCUT2D eigenvalue weighted by molar-refractivity contribution is -0.139. The van der Waals surface area contributed by atoms with E-state index in [0.717, 1.165) is 5.69 Å². The summed E-state index contributed by atoms with van der Waals surface area (Å²) in [5.74, 6) is -0.994. The van der Waals surface area contributed by atoms with E-state index in [4.69, 9.17) is 0 Å². The van der Waals surface area contributed by atoms with Crippen molar-refractivity contribution < 1.29 is 19.1 Å². The number of para-hydroxylation sites is 1. The largest absolute Gasteiger partial charge is 0.469 e. The molecule has 0 amide bonds. The zero-order chi connectivity index (χ0) is 15.0. The van der Waals surface area contributed by atoms with Crippen molar-refractivity contribution in [3.63, 3.8) is 0 Å². The van der Waals surface area contributed by atoms with Gasteiger partial charge in [-0.2, -0.15) is 0 Å². The standard InChI is InChI=1S/C14H18N2O4/c1-16(12-7-5-4-6-8-12)15-11(9-13(17)19-2)10-14(18)20-3/h4-9,15H,10H2,1-3H3/b11-9-. The minimum Gasteiger partial charge on any atom is -0.469 e. The molecule has 0 fully saturated rings. The predicted octanol–water partition coefficient (Wildman–Crippen LogP) is 1.25. The van der Waals surface area contributed by atoms with Crippen molar-refractivity contribution in [2.24, 2.45) is 0 Å². The number of carbonyl (C=O) groups excluding carboxylic acids is 2. The molecule has 0 aliphatic heterocycles. The third-order valence-corrected chi connectivity index (χ3v) is 2.51. The van der Waals surface area contributed by atoms with Crippen LogP contribution in [0, 0.1) is 0 Å². The van der Waals surface area contributed by atoms with Gasteiger partial charge in [-0.25, -0.2) is 4.79 Å². The van der Waals surface area contributed by atoms with E-state index >= 15 is 0 Å². The third kappa shape index (κ3) is 5.01. The summed E-state index contributed by atoms with van der Waals surface area (Å²) in [6.07, 6.45) is 1.17. The molecule has 0 aromatic heterocycles. The second-order valence-corrected chi connectivity index (χ2v) is 3.95. The molecule has 0 bridgehead atoms. The molecule has 0 spiro atoms. The van der Waals surface area contributed by atoms with Crippen LogP contribution in [0.2, 0.25) is 0 Å². The number of nitrogens with zero attached hydrogens (tertiary/aromatic N) is 1. The van der Waals surface area contributed by atoms with E-state index in [1.54, 1.807) is 12.1 Å². The minimum atomic E-state index is -0.544. The summed E-state index contributed by atoms with van der Waals surface area (Å²) in [6.45, 7) is 0. The summed E-state index contributed by atoms with van der Waals surface area (Å²) in [4.78, 5) is 22.6. The maximum absolute atomic E-state index is 11.3. The van der Waals surface area contributed by atoms with Crippen LogP contribution in [0.4, 0.5) is 5.69 Å². The molecule has 1 aromatic carbocycles. The number of ether oxygens (including phenoxy) is 2. The number of hydrazine groups is 1. The van der Waals surface area contributed by atoms with Crippen LogP contribution in [0.1, 0.15) is 6.42 Å². The van der Waals surface area contributed by atoms with Gasteiger partial charge in [-0.15, -0.1) is 0 Å². The zero-order valence-corrected chi connectivity index (χ0v) is 11.8. The molecule has 1 rings (SSSR count). The van der Waals surface area contributed by atoms with Crippen LogP contribution in [-0.4, -0.2) is 33.2 Å². The molecule has 0 aliphatic rings. The van der Waals surface area contributed by atoms with Crippen molar-refractivity contribution in [1.82, 2.24) is 5.43 Å². The van der Waals surface area contributed by atoms with Gasteiger partial charge in [0, 0.05) is 18.8 Å². The molecule has 6 nitrogen and oxygen atoms in total. The number of benzene rings is 1. The molecule has 0 saturated carbocycles. The number of anilines is 1. The highest BCUT2D eigenvalue weighted by Crippen LogP contribution is 2.11. The predicted molar refractivity (Wildman–Crippen MR) is 74.7 cm³/mol. The van der Waals surface area contributed by atoms with Crippen LogP contribution in [-0.2, 0) is 19.1 Å². The van der Waals surface area contributed by atoms with Crippen molar-refractivity contribution in [1.29, 1.82) is 0 Å². The van der Waals surface area contributed by atoms with Crippen molar-refractivity contribution in [2.75, 3.05) is 26.3 Å². The first-order valence-corrected chi connectivity index (χ1v) is 5.97. The molecule has 20 heavy (non-hydrogen) atoms. The Hall–Kier alpha value is -2.50. The molecule has 0 saturated heterocycles. The average molecular weight is 278 g/mol. The lowest BCUT2D eigenvalue weighted by atomic mass is 10.3. The highest BCUT2D eigenvalue weighted by Gasteiger charge is 2.10. The monoisotopic (exact) mass is 278 g/mol. The summed E-state index contributed by atoms with van der Waals surface area (Å²) in [5, 5.41) is 1.69. The Bertz CT molecular complexity index is 485. The van der Waals surface area contributed by atoms with Gasteiger partial charge in [0.05, 0.1) is 26.3 Å². The van der Waals surface area contributed by atoms with E-state index in [1.807, 2.05) is 30.3 Å². The molecular formula is C14H18N2O4.